The van der Waals surface area contributed by atoms with Gasteiger partial charge in [0, 0.05) is 6.08 Å². The van der Waals surface area contributed by atoms with Crippen LogP contribution in [-0.2, 0) is 9.53 Å². The number of rotatable bonds is 9. The van der Waals surface area contributed by atoms with Crippen LogP contribution in [0.2, 0.25) is 0 Å². The Hall–Kier alpha value is -0.790. The first-order chi connectivity index (χ1) is 7.70. The maximum atomic E-state index is 11.0. The van der Waals surface area contributed by atoms with Crippen molar-refractivity contribution in [3.05, 3.63) is 12.2 Å². The number of carbonyl (C=O) groups is 1. The maximum absolute atomic E-state index is 11.0. The van der Waals surface area contributed by atoms with Crippen LogP contribution in [0.1, 0.15) is 59.3 Å². The molecule has 0 aromatic rings. The highest BCUT2D eigenvalue weighted by Crippen LogP contribution is 2.13. The zero-order valence-electron chi connectivity index (χ0n) is 11.0. The van der Waals surface area contributed by atoms with Crippen LogP contribution < -0.4 is 0 Å². The summed E-state index contributed by atoms with van der Waals surface area (Å²) in [4.78, 5) is 11.0. The van der Waals surface area contributed by atoms with Gasteiger partial charge in [0.25, 0.3) is 0 Å². The van der Waals surface area contributed by atoms with E-state index in [9.17, 15) is 4.79 Å². The Morgan fingerprint density at radius 1 is 1.25 bits per heavy atom. The van der Waals surface area contributed by atoms with Crippen LogP contribution >= 0.6 is 0 Å². The molecule has 2 nitrogen and oxygen atoms in total. The third-order valence-electron chi connectivity index (χ3n) is 2.71. The third-order valence-corrected chi connectivity index (χ3v) is 2.71. The fraction of sp³-hybridized carbons (Fsp3) is 0.786. The number of hydrogen-bond acceptors (Lipinski definition) is 2. The molecule has 1 atom stereocenters. The standard InChI is InChI=1S/C14H26O2/c1-4-6-7-8-10-13(3)11-12-16-14(15)9-5-2/h5,9,13H,4,6-8,10-12H2,1-3H3/b9-5+. The summed E-state index contributed by atoms with van der Waals surface area (Å²) < 4.78 is 5.05. The van der Waals surface area contributed by atoms with Gasteiger partial charge in [-0.15, -0.1) is 0 Å². The molecule has 94 valence electrons. The summed E-state index contributed by atoms with van der Waals surface area (Å²) in [6.07, 6.45) is 10.7. The van der Waals surface area contributed by atoms with Gasteiger partial charge in [0.05, 0.1) is 6.61 Å². The summed E-state index contributed by atoms with van der Waals surface area (Å²) in [6.45, 7) is 6.83. The molecule has 0 heterocycles. The molecule has 0 amide bonds. The monoisotopic (exact) mass is 226 g/mol. The average molecular weight is 226 g/mol. The molecule has 16 heavy (non-hydrogen) atoms. The lowest BCUT2D eigenvalue weighted by Crippen LogP contribution is -2.06. The fourth-order valence-electron chi connectivity index (χ4n) is 1.61. The molecule has 0 spiro atoms. The highest BCUT2D eigenvalue weighted by atomic mass is 16.5. The Morgan fingerprint density at radius 2 is 2.00 bits per heavy atom. The molecule has 0 rings (SSSR count). The first kappa shape index (κ1) is 15.2. The smallest absolute Gasteiger partial charge is 0.330 e. The van der Waals surface area contributed by atoms with Crippen molar-refractivity contribution in [1.29, 1.82) is 0 Å². The molecule has 0 aromatic heterocycles. The highest BCUT2D eigenvalue weighted by molar-refractivity contribution is 5.81. The molecule has 0 aliphatic carbocycles. The SMILES string of the molecule is C/C=C/C(=O)OCCC(C)CCCCCC. The second kappa shape index (κ2) is 10.7. The zero-order chi connectivity index (χ0) is 12.2. The predicted octanol–water partition coefficient (Wildman–Crippen LogP) is 4.10. The lowest BCUT2D eigenvalue weighted by Gasteiger charge is -2.10. The van der Waals surface area contributed by atoms with Gasteiger partial charge >= 0.3 is 5.97 Å². The minimum atomic E-state index is -0.222. The fourth-order valence-corrected chi connectivity index (χ4v) is 1.61. The number of unbranched alkanes of at least 4 members (excludes halogenated alkanes) is 3. The van der Waals surface area contributed by atoms with Crippen molar-refractivity contribution in [2.45, 2.75) is 59.3 Å². The van der Waals surface area contributed by atoms with Gasteiger partial charge in [-0.2, -0.15) is 0 Å². The van der Waals surface area contributed by atoms with Crippen molar-refractivity contribution < 1.29 is 9.53 Å². The molecule has 0 aliphatic heterocycles. The molecule has 0 N–H and O–H groups in total. The first-order valence-corrected chi connectivity index (χ1v) is 6.50. The van der Waals surface area contributed by atoms with Gasteiger partial charge in [-0.1, -0.05) is 52.0 Å². The molecular weight excluding hydrogens is 200 g/mol. The van der Waals surface area contributed by atoms with E-state index in [-0.39, 0.29) is 5.97 Å². The van der Waals surface area contributed by atoms with Gasteiger partial charge in [0.15, 0.2) is 0 Å². The van der Waals surface area contributed by atoms with Crippen LogP contribution in [0.15, 0.2) is 12.2 Å². The Kier molecular flexibility index (Phi) is 10.2. The largest absolute Gasteiger partial charge is 0.463 e. The first-order valence-electron chi connectivity index (χ1n) is 6.50. The Labute approximate surface area is 100 Å². The van der Waals surface area contributed by atoms with E-state index in [0.29, 0.717) is 12.5 Å². The van der Waals surface area contributed by atoms with E-state index in [4.69, 9.17) is 4.74 Å². The summed E-state index contributed by atoms with van der Waals surface area (Å²) in [7, 11) is 0. The third kappa shape index (κ3) is 9.75. The number of hydrogen-bond donors (Lipinski definition) is 0. The Morgan fingerprint density at radius 3 is 2.62 bits per heavy atom. The molecule has 0 saturated heterocycles. The minimum absolute atomic E-state index is 0.222. The van der Waals surface area contributed by atoms with Crippen molar-refractivity contribution in [1.82, 2.24) is 0 Å². The average Bonchev–Trinajstić information content (AvgIpc) is 2.25. The Balaban J connectivity index is 3.36. The number of allylic oxidation sites excluding steroid dienone is 1. The molecule has 0 fully saturated rings. The molecule has 0 bridgehead atoms. The lowest BCUT2D eigenvalue weighted by molar-refractivity contribution is -0.138. The van der Waals surface area contributed by atoms with Crippen LogP contribution in [0, 0.1) is 5.92 Å². The van der Waals surface area contributed by atoms with E-state index in [1.165, 1.54) is 38.2 Å². The second-order valence-electron chi connectivity index (χ2n) is 4.41. The molecule has 1 unspecified atom stereocenters. The topological polar surface area (TPSA) is 26.3 Å². The molecule has 0 radical (unpaired) electrons. The summed E-state index contributed by atoms with van der Waals surface area (Å²) in [5, 5.41) is 0. The van der Waals surface area contributed by atoms with Gasteiger partial charge < -0.3 is 4.74 Å². The number of esters is 1. The van der Waals surface area contributed by atoms with Crippen LogP contribution in [0.3, 0.4) is 0 Å². The summed E-state index contributed by atoms with van der Waals surface area (Å²) >= 11 is 0. The molecule has 0 saturated carbocycles. The van der Waals surface area contributed by atoms with Crippen molar-refractivity contribution in [2.24, 2.45) is 5.92 Å². The predicted molar refractivity (Wildman–Crippen MR) is 68.3 cm³/mol. The lowest BCUT2D eigenvalue weighted by atomic mass is 10.00. The van der Waals surface area contributed by atoms with Gasteiger partial charge in [-0.05, 0) is 19.3 Å². The van der Waals surface area contributed by atoms with Crippen LogP contribution in [0.4, 0.5) is 0 Å². The van der Waals surface area contributed by atoms with E-state index in [2.05, 4.69) is 13.8 Å². The van der Waals surface area contributed by atoms with E-state index in [1.807, 2.05) is 6.92 Å². The maximum Gasteiger partial charge on any atom is 0.330 e. The highest BCUT2D eigenvalue weighted by Gasteiger charge is 2.03. The van der Waals surface area contributed by atoms with Gasteiger partial charge in [-0.25, -0.2) is 4.79 Å². The number of carbonyl (C=O) groups excluding carboxylic acids is 1. The molecule has 2 heteroatoms. The van der Waals surface area contributed by atoms with E-state index in [1.54, 1.807) is 6.08 Å². The van der Waals surface area contributed by atoms with E-state index < -0.39 is 0 Å². The van der Waals surface area contributed by atoms with E-state index >= 15 is 0 Å². The van der Waals surface area contributed by atoms with Crippen LogP contribution in [-0.4, -0.2) is 12.6 Å². The van der Waals surface area contributed by atoms with Crippen LogP contribution in [0.5, 0.6) is 0 Å². The summed E-state index contributed by atoms with van der Waals surface area (Å²) in [5.41, 5.74) is 0. The second-order valence-corrected chi connectivity index (χ2v) is 4.41. The van der Waals surface area contributed by atoms with Crippen molar-refractivity contribution in [2.75, 3.05) is 6.61 Å². The van der Waals surface area contributed by atoms with Gasteiger partial charge in [-0.3, -0.25) is 0 Å². The molecular formula is C14H26O2. The quantitative estimate of drug-likeness (QED) is 0.336. The van der Waals surface area contributed by atoms with Gasteiger partial charge in [0.2, 0.25) is 0 Å². The Bertz CT molecular complexity index is 197. The summed E-state index contributed by atoms with van der Waals surface area (Å²) in [6, 6.07) is 0. The normalized spacial score (nSPS) is 12.9. The zero-order valence-corrected chi connectivity index (χ0v) is 11.0. The van der Waals surface area contributed by atoms with Crippen molar-refractivity contribution in [3.63, 3.8) is 0 Å². The van der Waals surface area contributed by atoms with Gasteiger partial charge in [0.1, 0.15) is 0 Å². The van der Waals surface area contributed by atoms with Crippen molar-refractivity contribution in [3.8, 4) is 0 Å². The van der Waals surface area contributed by atoms with Crippen molar-refractivity contribution >= 4 is 5.97 Å². The number of ether oxygens (including phenoxy) is 1. The molecule has 0 aliphatic rings. The molecule has 0 aromatic carbocycles. The minimum Gasteiger partial charge on any atom is -0.463 e. The van der Waals surface area contributed by atoms with E-state index in [0.717, 1.165) is 6.42 Å². The summed E-state index contributed by atoms with van der Waals surface area (Å²) in [5.74, 6) is 0.441. The van der Waals surface area contributed by atoms with Crippen LogP contribution in [0.25, 0.3) is 0 Å².